The Bertz CT molecular complexity index is 464. The normalized spacial score (nSPS) is 11.1. The van der Waals surface area contributed by atoms with E-state index in [0.29, 0.717) is 0 Å². The molecule has 0 saturated heterocycles. The second-order valence-corrected chi connectivity index (χ2v) is 5.91. The van der Waals surface area contributed by atoms with Crippen LogP contribution in [0, 0.1) is 0 Å². The van der Waals surface area contributed by atoms with Gasteiger partial charge in [0.15, 0.2) is 0 Å². The highest BCUT2D eigenvalue weighted by atomic mass is 79.9. The molecule has 0 amide bonds. The summed E-state index contributed by atoms with van der Waals surface area (Å²) in [6.45, 7) is 0.0858. The minimum atomic E-state index is 0.0858. The first-order valence-corrected chi connectivity index (χ1v) is 6.95. The van der Waals surface area contributed by atoms with Gasteiger partial charge in [-0.05, 0) is 24.5 Å². The Morgan fingerprint density at radius 3 is 2.93 bits per heavy atom. The topological polar surface area (TPSA) is 20.2 Å². The molecule has 1 aromatic heterocycles. The Kier molecular flexibility index (Phi) is 3.17. The molecule has 2 rings (SSSR count). The molecule has 4 heteroatoms. The van der Waals surface area contributed by atoms with Crippen LogP contribution in [0.5, 0.6) is 0 Å². The zero-order valence-electron chi connectivity index (χ0n) is 7.58. The first kappa shape index (κ1) is 10.5. The Balaban J connectivity index is 2.73. The molecule has 0 unspecified atom stereocenters. The summed E-state index contributed by atoms with van der Waals surface area (Å²) in [5, 5.41) is 10.4. The summed E-state index contributed by atoms with van der Waals surface area (Å²) in [7, 11) is 0. The zero-order chi connectivity index (χ0) is 10.1. The summed E-state index contributed by atoms with van der Waals surface area (Å²) in [5.41, 5.74) is 0.985. The molecule has 0 aliphatic carbocycles. The molecule has 0 saturated carbocycles. The van der Waals surface area contributed by atoms with Gasteiger partial charge in [0.25, 0.3) is 0 Å². The number of aliphatic hydroxyl groups excluding tert-OH is 1. The number of hydrogen-bond acceptors (Lipinski definition) is 3. The molecule has 0 bridgehead atoms. The number of halogens is 1. The molecule has 0 aliphatic rings. The van der Waals surface area contributed by atoms with Crippen molar-refractivity contribution in [1.82, 2.24) is 0 Å². The van der Waals surface area contributed by atoms with E-state index in [9.17, 15) is 5.11 Å². The van der Waals surface area contributed by atoms with Crippen molar-refractivity contribution in [3.63, 3.8) is 0 Å². The fourth-order valence-corrected chi connectivity index (χ4v) is 3.51. The monoisotopic (exact) mass is 288 g/mol. The number of fused-ring (bicyclic) bond motifs is 1. The van der Waals surface area contributed by atoms with Gasteiger partial charge in [0, 0.05) is 20.1 Å². The van der Waals surface area contributed by atoms with Crippen LogP contribution in [-0.2, 0) is 6.61 Å². The SMILES string of the molecule is CSc1cc2c(CO)c(Br)ccc2s1. The van der Waals surface area contributed by atoms with Gasteiger partial charge in [-0.1, -0.05) is 15.9 Å². The van der Waals surface area contributed by atoms with Crippen LogP contribution in [0.2, 0.25) is 0 Å². The molecule has 1 N–H and O–H groups in total. The minimum absolute atomic E-state index is 0.0858. The molecular formula is C10H9BrOS2. The van der Waals surface area contributed by atoms with Crippen LogP contribution in [0.4, 0.5) is 0 Å². The molecule has 1 heterocycles. The zero-order valence-corrected chi connectivity index (χ0v) is 10.8. The number of thioether (sulfide) groups is 1. The van der Waals surface area contributed by atoms with E-state index in [2.05, 4.69) is 34.3 Å². The van der Waals surface area contributed by atoms with Crippen LogP contribution in [0.15, 0.2) is 26.9 Å². The number of hydrogen-bond donors (Lipinski definition) is 1. The molecule has 0 atom stereocenters. The largest absolute Gasteiger partial charge is 0.392 e. The lowest BCUT2D eigenvalue weighted by molar-refractivity contribution is 0.282. The van der Waals surface area contributed by atoms with E-state index in [1.807, 2.05) is 6.07 Å². The second kappa shape index (κ2) is 4.23. The molecule has 0 aliphatic heterocycles. The van der Waals surface area contributed by atoms with Gasteiger partial charge in [-0.15, -0.1) is 23.1 Å². The number of rotatable bonds is 2. The fourth-order valence-electron chi connectivity index (χ4n) is 1.38. The van der Waals surface area contributed by atoms with Crippen molar-refractivity contribution in [2.45, 2.75) is 10.8 Å². The van der Waals surface area contributed by atoms with Crippen molar-refractivity contribution in [3.05, 3.63) is 28.2 Å². The molecule has 0 fully saturated rings. The second-order valence-electron chi connectivity index (χ2n) is 2.87. The molecule has 14 heavy (non-hydrogen) atoms. The quantitative estimate of drug-likeness (QED) is 0.847. The average molecular weight is 289 g/mol. The van der Waals surface area contributed by atoms with Crippen LogP contribution in [0.1, 0.15) is 5.56 Å². The first-order valence-electron chi connectivity index (χ1n) is 4.12. The highest BCUT2D eigenvalue weighted by Crippen LogP contribution is 2.36. The maximum absolute atomic E-state index is 9.27. The molecular weight excluding hydrogens is 280 g/mol. The van der Waals surface area contributed by atoms with Crippen molar-refractivity contribution in [2.75, 3.05) is 6.26 Å². The van der Waals surface area contributed by atoms with Crippen molar-refractivity contribution >= 4 is 49.1 Å². The number of benzene rings is 1. The van der Waals surface area contributed by atoms with Crippen LogP contribution < -0.4 is 0 Å². The summed E-state index contributed by atoms with van der Waals surface area (Å²) < 4.78 is 3.51. The van der Waals surface area contributed by atoms with Crippen molar-refractivity contribution in [2.24, 2.45) is 0 Å². The van der Waals surface area contributed by atoms with E-state index in [0.717, 1.165) is 15.4 Å². The van der Waals surface area contributed by atoms with Gasteiger partial charge >= 0.3 is 0 Å². The fraction of sp³-hybridized carbons (Fsp3) is 0.200. The highest BCUT2D eigenvalue weighted by Gasteiger charge is 2.08. The predicted octanol–water partition coefficient (Wildman–Crippen LogP) is 3.88. The van der Waals surface area contributed by atoms with E-state index in [1.165, 1.54) is 8.91 Å². The van der Waals surface area contributed by atoms with Crippen LogP contribution in [0.3, 0.4) is 0 Å². The van der Waals surface area contributed by atoms with Crippen molar-refractivity contribution in [1.29, 1.82) is 0 Å². The van der Waals surface area contributed by atoms with E-state index in [-0.39, 0.29) is 6.61 Å². The smallest absolute Gasteiger partial charge is 0.0699 e. The van der Waals surface area contributed by atoms with Crippen LogP contribution in [-0.4, -0.2) is 11.4 Å². The van der Waals surface area contributed by atoms with Gasteiger partial charge in [-0.3, -0.25) is 0 Å². The highest BCUT2D eigenvalue weighted by molar-refractivity contribution is 9.10. The van der Waals surface area contributed by atoms with E-state index < -0.39 is 0 Å². The van der Waals surface area contributed by atoms with E-state index in [4.69, 9.17) is 0 Å². The Hall–Kier alpha value is -0.0300. The van der Waals surface area contributed by atoms with Gasteiger partial charge in [-0.25, -0.2) is 0 Å². The minimum Gasteiger partial charge on any atom is -0.392 e. The Morgan fingerprint density at radius 2 is 2.29 bits per heavy atom. The molecule has 2 aromatic rings. The maximum Gasteiger partial charge on any atom is 0.0699 e. The Morgan fingerprint density at radius 1 is 1.50 bits per heavy atom. The van der Waals surface area contributed by atoms with Crippen LogP contribution >= 0.6 is 39.0 Å². The summed E-state index contributed by atoms with van der Waals surface area (Å²) in [6, 6.07) is 6.22. The first-order chi connectivity index (χ1) is 6.76. The van der Waals surface area contributed by atoms with Gasteiger partial charge < -0.3 is 5.11 Å². The third-order valence-electron chi connectivity index (χ3n) is 2.09. The molecule has 1 nitrogen and oxygen atoms in total. The van der Waals surface area contributed by atoms with Gasteiger partial charge in [0.05, 0.1) is 10.8 Å². The summed E-state index contributed by atoms with van der Waals surface area (Å²) in [5.74, 6) is 0. The van der Waals surface area contributed by atoms with E-state index >= 15 is 0 Å². The third kappa shape index (κ3) is 1.72. The summed E-state index contributed by atoms with van der Waals surface area (Å²) >= 11 is 6.95. The van der Waals surface area contributed by atoms with E-state index in [1.54, 1.807) is 23.1 Å². The van der Waals surface area contributed by atoms with Crippen molar-refractivity contribution in [3.8, 4) is 0 Å². The predicted molar refractivity (Wildman–Crippen MR) is 67.2 cm³/mol. The number of aliphatic hydroxyl groups is 1. The van der Waals surface area contributed by atoms with Gasteiger partial charge in [0.1, 0.15) is 0 Å². The third-order valence-corrected chi connectivity index (χ3v) is 5.00. The van der Waals surface area contributed by atoms with Crippen LogP contribution in [0.25, 0.3) is 10.1 Å². The molecule has 0 spiro atoms. The van der Waals surface area contributed by atoms with Crippen molar-refractivity contribution < 1.29 is 5.11 Å². The maximum atomic E-state index is 9.27. The molecule has 1 aromatic carbocycles. The summed E-state index contributed by atoms with van der Waals surface area (Å²) in [4.78, 5) is 0. The Labute approximate surface area is 99.3 Å². The molecule has 74 valence electrons. The summed E-state index contributed by atoms with van der Waals surface area (Å²) in [6.07, 6.45) is 2.07. The van der Waals surface area contributed by atoms with Gasteiger partial charge in [0.2, 0.25) is 0 Å². The van der Waals surface area contributed by atoms with Gasteiger partial charge in [-0.2, -0.15) is 0 Å². The lowest BCUT2D eigenvalue weighted by Gasteiger charge is -2.01. The lowest BCUT2D eigenvalue weighted by Crippen LogP contribution is -1.84. The number of thiophene rings is 1. The lowest BCUT2D eigenvalue weighted by atomic mass is 10.1. The average Bonchev–Trinajstić information content (AvgIpc) is 2.60. The molecule has 0 radical (unpaired) electrons. The standard InChI is InChI=1S/C10H9BrOS2/c1-13-10-4-6-7(5-12)8(11)2-3-9(6)14-10/h2-4,12H,5H2,1H3.